The van der Waals surface area contributed by atoms with Crippen LogP contribution >= 0.6 is 0 Å². The van der Waals surface area contributed by atoms with E-state index in [4.69, 9.17) is 24.0 Å². The van der Waals surface area contributed by atoms with Gasteiger partial charge in [0.25, 0.3) is 5.79 Å². The van der Waals surface area contributed by atoms with Crippen molar-refractivity contribution in [1.29, 1.82) is 0 Å². The second-order valence-corrected chi connectivity index (χ2v) is 7.32. The summed E-state index contributed by atoms with van der Waals surface area (Å²) < 4.78 is 16.6. The standard InChI is InChI=1S/C18H30O6/c1-10-11-16(6,7)21-15(19)22-17(8,9)20-14(12(2)3)18(13(4)5)23-24-18/h14H,2,4,10-11H2,1,3,5-9H3. The summed E-state index contributed by atoms with van der Waals surface area (Å²) in [6.07, 6.45) is 0.175. The molecule has 0 N–H and O–H groups in total. The van der Waals surface area contributed by atoms with Crippen LogP contribution in [0, 0.1) is 0 Å². The van der Waals surface area contributed by atoms with Gasteiger partial charge in [-0.1, -0.05) is 26.5 Å². The van der Waals surface area contributed by atoms with Gasteiger partial charge < -0.3 is 14.2 Å². The first-order chi connectivity index (χ1) is 10.9. The van der Waals surface area contributed by atoms with Crippen molar-refractivity contribution < 1.29 is 28.8 Å². The lowest BCUT2D eigenvalue weighted by atomic mass is 9.99. The van der Waals surface area contributed by atoms with Gasteiger partial charge in [0.2, 0.25) is 5.79 Å². The average molecular weight is 342 g/mol. The number of rotatable bonds is 9. The maximum atomic E-state index is 12.1. The summed E-state index contributed by atoms with van der Waals surface area (Å²) in [5.74, 6) is -2.35. The van der Waals surface area contributed by atoms with Crippen LogP contribution in [0.2, 0.25) is 0 Å². The molecule has 1 unspecified atom stereocenters. The number of carbonyl (C=O) groups excluding carboxylic acids is 1. The highest BCUT2D eigenvalue weighted by Crippen LogP contribution is 2.44. The fourth-order valence-corrected chi connectivity index (χ4v) is 2.41. The Labute approximate surface area is 144 Å². The van der Waals surface area contributed by atoms with Gasteiger partial charge in [0.05, 0.1) is 0 Å². The third kappa shape index (κ3) is 5.33. The van der Waals surface area contributed by atoms with E-state index in [1.54, 1.807) is 27.7 Å². The van der Waals surface area contributed by atoms with E-state index in [0.717, 1.165) is 12.8 Å². The highest BCUT2D eigenvalue weighted by atomic mass is 17.4. The predicted octanol–water partition coefficient (Wildman–Crippen LogP) is 4.65. The molecule has 138 valence electrons. The van der Waals surface area contributed by atoms with Crippen LogP contribution in [-0.4, -0.2) is 29.4 Å². The predicted molar refractivity (Wildman–Crippen MR) is 90.0 cm³/mol. The Hall–Kier alpha value is -1.37. The van der Waals surface area contributed by atoms with Crippen molar-refractivity contribution in [3.63, 3.8) is 0 Å². The Bertz CT molecular complexity index is 502. The molecule has 6 heteroatoms. The van der Waals surface area contributed by atoms with Crippen LogP contribution in [0.15, 0.2) is 24.3 Å². The second-order valence-electron chi connectivity index (χ2n) is 7.32. The number of ether oxygens (including phenoxy) is 3. The number of hydrogen-bond donors (Lipinski definition) is 0. The minimum atomic E-state index is -1.26. The third-order valence-electron chi connectivity index (χ3n) is 3.59. The van der Waals surface area contributed by atoms with Gasteiger partial charge >= 0.3 is 6.16 Å². The second kappa shape index (κ2) is 7.25. The van der Waals surface area contributed by atoms with E-state index in [0.29, 0.717) is 11.1 Å². The van der Waals surface area contributed by atoms with Crippen molar-refractivity contribution in [3.8, 4) is 0 Å². The smallest absolute Gasteiger partial charge is 0.428 e. The molecule has 6 nitrogen and oxygen atoms in total. The van der Waals surface area contributed by atoms with E-state index in [-0.39, 0.29) is 0 Å². The van der Waals surface area contributed by atoms with Gasteiger partial charge in [-0.15, -0.1) is 0 Å². The van der Waals surface area contributed by atoms with E-state index < -0.39 is 29.4 Å². The number of hydrogen-bond acceptors (Lipinski definition) is 6. The van der Waals surface area contributed by atoms with Crippen molar-refractivity contribution in [2.75, 3.05) is 0 Å². The molecule has 1 atom stereocenters. The van der Waals surface area contributed by atoms with Crippen LogP contribution in [0.1, 0.15) is 61.3 Å². The topological polar surface area (TPSA) is 69.8 Å². The zero-order chi connectivity index (χ0) is 18.8. The maximum absolute atomic E-state index is 12.1. The molecule has 0 radical (unpaired) electrons. The summed E-state index contributed by atoms with van der Waals surface area (Å²) in [6.45, 7) is 20.2. The minimum absolute atomic E-state index is 0.600. The molecule has 0 aliphatic carbocycles. The van der Waals surface area contributed by atoms with Crippen LogP contribution in [0.3, 0.4) is 0 Å². The molecule has 24 heavy (non-hydrogen) atoms. The van der Waals surface area contributed by atoms with Crippen LogP contribution in [0.5, 0.6) is 0 Å². The molecule has 1 aliphatic rings. The molecule has 0 amide bonds. The number of carbonyl (C=O) groups is 1. The van der Waals surface area contributed by atoms with Crippen LogP contribution < -0.4 is 0 Å². The molecular formula is C18H30O6. The highest BCUT2D eigenvalue weighted by Gasteiger charge is 2.59. The zero-order valence-electron chi connectivity index (χ0n) is 15.9. The SMILES string of the molecule is C=C(C)C(OC(C)(C)OC(=O)OC(C)(C)CCC)C1(C(=C)C)OO1. The first-order valence-electron chi connectivity index (χ1n) is 8.13. The van der Waals surface area contributed by atoms with Crippen molar-refractivity contribution in [2.45, 2.75) is 84.6 Å². The van der Waals surface area contributed by atoms with E-state index in [1.807, 2.05) is 20.8 Å². The molecule has 0 aromatic carbocycles. The van der Waals surface area contributed by atoms with Gasteiger partial charge in [0.15, 0.2) is 0 Å². The van der Waals surface area contributed by atoms with E-state index in [1.165, 1.54) is 0 Å². The van der Waals surface area contributed by atoms with Crippen molar-refractivity contribution in [2.24, 2.45) is 0 Å². The Morgan fingerprint density at radius 1 is 1.12 bits per heavy atom. The molecule has 0 spiro atoms. The Kier molecular flexibility index (Phi) is 6.25. The van der Waals surface area contributed by atoms with Gasteiger partial charge in [-0.2, -0.15) is 9.78 Å². The van der Waals surface area contributed by atoms with Gasteiger partial charge in [0, 0.05) is 13.8 Å². The Balaban J connectivity index is 2.75. The molecule has 0 aromatic heterocycles. The average Bonchev–Trinajstić information content (AvgIpc) is 3.14. The lowest BCUT2D eigenvalue weighted by molar-refractivity contribution is -0.222. The minimum Gasteiger partial charge on any atom is -0.428 e. The van der Waals surface area contributed by atoms with Gasteiger partial charge in [-0.25, -0.2) is 4.79 Å². The molecule has 1 heterocycles. The van der Waals surface area contributed by atoms with E-state index in [2.05, 4.69) is 13.2 Å². The summed E-state index contributed by atoms with van der Waals surface area (Å²) in [7, 11) is 0. The van der Waals surface area contributed by atoms with E-state index >= 15 is 0 Å². The normalized spacial score (nSPS) is 17.8. The first kappa shape index (κ1) is 20.7. The van der Waals surface area contributed by atoms with Gasteiger partial charge in [-0.05, 0) is 45.3 Å². The zero-order valence-corrected chi connectivity index (χ0v) is 15.9. The van der Waals surface area contributed by atoms with Gasteiger partial charge in [-0.3, -0.25) is 0 Å². The molecular weight excluding hydrogens is 312 g/mol. The van der Waals surface area contributed by atoms with Gasteiger partial charge in [0.1, 0.15) is 11.7 Å². The molecule has 1 rings (SSSR count). The largest absolute Gasteiger partial charge is 0.511 e. The van der Waals surface area contributed by atoms with Crippen LogP contribution in [0.4, 0.5) is 4.79 Å². The Morgan fingerprint density at radius 2 is 1.67 bits per heavy atom. The third-order valence-corrected chi connectivity index (χ3v) is 3.59. The van der Waals surface area contributed by atoms with Crippen molar-refractivity contribution in [1.82, 2.24) is 0 Å². The summed E-state index contributed by atoms with van der Waals surface area (Å²) in [6, 6.07) is 0. The summed E-state index contributed by atoms with van der Waals surface area (Å²) in [5, 5.41) is 0. The maximum Gasteiger partial charge on any atom is 0.511 e. The molecule has 0 aromatic rings. The quantitative estimate of drug-likeness (QED) is 0.200. The van der Waals surface area contributed by atoms with Crippen molar-refractivity contribution >= 4 is 6.16 Å². The van der Waals surface area contributed by atoms with Crippen LogP contribution in [-0.2, 0) is 24.0 Å². The fourth-order valence-electron chi connectivity index (χ4n) is 2.41. The highest BCUT2D eigenvalue weighted by molar-refractivity contribution is 5.61. The summed E-state index contributed by atoms with van der Waals surface area (Å²) in [4.78, 5) is 22.2. The Morgan fingerprint density at radius 3 is 2.04 bits per heavy atom. The first-order valence-corrected chi connectivity index (χ1v) is 8.13. The van der Waals surface area contributed by atoms with Crippen molar-refractivity contribution in [3.05, 3.63) is 24.3 Å². The fraction of sp³-hybridized carbons (Fsp3) is 0.722. The molecule has 0 saturated carbocycles. The van der Waals surface area contributed by atoms with E-state index in [9.17, 15) is 4.79 Å². The summed E-state index contributed by atoms with van der Waals surface area (Å²) in [5.41, 5.74) is 0.696. The molecule has 0 bridgehead atoms. The van der Waals surface area contributed by atoms with Crippen LogP contribution in [0.25, 0.3) is 0 Å². The molecule has 1 saturated heterocycles. The monoisotopic (exact) mass is 342 g/mol. The lowest BCUT2D eigenvalue weighted by Gasteiger charge is -2.33. The summed E-state index contributed by atoms with van der Waals surface area (Å²) >= 11 is 0. The molecule has 1 fully saturated rings. The molecule has 1 aliphatic heterocycles. The lowest BCUT2D eigenvalue weighted by Crippen LogP contribution is -2.44.